The van der Waals surface area contributed by atoms with E-state index in [2.05, 4.69) is 5.32 Å². The molecule has 0 saturated carbocycles. The molecule has 3 N–H and O–H groups in total. The Morgan fingerprint density at radius 3 is 2.53 bits per heavy atom. The Morgan fingerprint density at radius 1 is 1.16 bits per heavy atom. The molecule has 0 saturated heterocycles. The molecule has 0 unspecified atom stereocenters. The number of rotatable bonds is 2. The quantitative estimate of drug-likeness (QED) is 0.819. The van der Waals surface area contributed by atoms with Crippen LogP contribution in [-0.2, 0) is 0 Å². The van der Waals surface area contributed by atoms with Crippen LogP contribution in [0.15, 0.2) is 36.4 Å². The van der Waals surface area contributed by atoms with E-state index in [1.807, 2.05) is 19.9 Å². The maximum absolute atomic E-state index is 12.1. The number of amides is 1. The summed E-state index contributed by atoms with van der Waals surface area (Å²) < 4.78 is 0. The molecule has 0 aliphatic heterocycles. The largest absolute Gasteiger partial charge is 0.398 e. The summed E-state index contributed by atoms with van der Waals surface area (Å²) in [4.78, 5) is 12.1. The van der Waals surface area contributed by atoms with E-state index in [1.54, 1.807) is 30.3 Å². The molecule has 0 aromatic heterocycles. The molecule has 2 aromatic rings. The topological polar surface area (TPSA) is 55.1 Å². The first-order valence-electron chi connectivity index (χ1n) is 5.91. The number of nitrogens with one attached hydrogen (secondary N) is 1. The monoisotopic (exact) mass is 274 g/mol. The number of carbonyl (C=O) groups excluding carboxylic acids is 1. The predicted octanol–water partition coefficient (Wildman–Crippen LogP) is 3.79. The van der Waals surface area contributed by atoms with Gasteiger partial charge in [-0.3, -0.25) is 4.79 Å². The van der Waals surface area contributed by atoms with Crippen molar-refractivity contribution < 1.29 is 4.79 Å². The number of halogens is 1. The first-order chi connectivity index (χ1) is 8.99. The molecule has 2 aromatic carbocycles. The van der Waals surface area contributed by atoms with Crippen molar-refractivity contribution in [2.24, 2.45) is 0 Å². The van der Waals surface area contributed by atoms with Crippen molar-refractivity contribution in [2.75, 3.05) is 11.1 Å². The lowest BCUT2D eigenvalue weighted by molar-refractivity contribution is 0.102. The van der Waals surface area contributed by atoms with Crippen LogP contribution in [0.4, 0.5) is 11.4 Å². The van der Waals surface area contributed by atoms with Gasteiger partial charge in [0.25, 0.3) is 5.91 Å². The van der Waals surface area contributed by atoms with Crippen LogP contribution < -0.4 is 11.1 Å². The summed E-state index contributed by atoms with van der Waals surface area (Å²) in [5.74, 6) is -0.239. The zero-order valence-electron chi connectivity index (χ0n) is 10.8. The number of hydrogen-bond acceptors (Lipinski definition) is 2. The van der Waals surface area contributed by atoms with E-state index in [0.29, 0.717) is 22.0 Å². The predicted molar refractivity (Wildman–Crippen MR) is 79.7 cm³/mol. The average molecular weight is 275 g/mol. The highest BCUT2D eigenvalue weighted by atomic mass is 35.5. The summed E-state index contributed by atoms with van der Waals surface area (Å²) in [5, 5.41) is 3.26. The van der Waals surface area contributed by atoms with Crippen LogP contribution >= 0.6 is 11.6 Å². The summed E-state index contributed by atoms with van der Waals surface area (Å²) in [6, 6.07) is 10.6. The molecule has 0 atom stereocenters. The highest BCUT2D eigenvalue weighted by molar-refractivity contribution is 6.34. The fourth-order valence-electron chi connectivity index (χ4n) is 1.84. The number of carbonyl (C=O) groups is 1. The van der Waals surface area contributed by atoms with E-state index in [1.165, 1.54) is 0 Å². The van der Waals surface area contributed by atoms with E-state index in [-0.39, 0.29) is 5.91 Å². The van der Waals surface area contributed by atoms with E-state index in [4.69, 9.17) is 17.3 Å². The zero-order chi connectivity index (χ0) is 14.0. The molecule has 98 valence electrons. The van der Waals surface area contributed by atoms with Crippen molar-refractivity contribution in [1.82, 2.24) is 0 Å². The molecule has 0 radical (unpaired) electrons. The van der Waals surface area contributed by atoms with Gasteiger partial charge in [0.05, 0.1) is 10.6 Å². The molecule has 19 heavy (non-hydrogen) atoms. The third-order valence-electron chi connectivity index (χ3n) is 2.98. The summed E-state index contributed by atoms with van der Waals surface area (Å²) in [6.45, 7) is 3.86. The van der Waals surface area contributed by atoms with Crippen LogP contribution in [0.5, 0.6) is 0 Å². The molecule has 0 aliphatic carbocycles. The minimum atomic E-state index is -0.239. The number of anilines is 2. The molecule has 1 amide bonds. The van der Waals surface area contributed by atoms with Crippen LogP contribution in [0.25, 0.3) is 0 Å². The van der Waals surface area contributed by atoms with Crippen LogP contribution in [0.3, 0.4) is 0 Å². The Bertz CT molecular complexity index is 638. The van der Waals surface area contributed by atoms with Gasteiger partial charge in [0.15, 0.2) is 0 Å². The zero-order valence-corrected chi connectivity index (χ0v) is 11.6. The van der Waals surface area contributed by atoms with Crippen molar-refractivity contribution in [3.63, 3.8) is 0 Å². The fourth-order valence-corrected chi connectivity index (χ4v) is 2.06. The minimum Gasteiger partial charge on any atom is -0.398 e. The van der Waals surface area contributed by atoms with E-state index in [9.17, 15) is 4.79 Å². The Hall–Kier alpha value is -2.00. The van der Waals surface area contributed by atoms with Gasteiger partial charge >= 0.3 is 0 Å². The third kappa shape index (κ3) is 2.88. The number of nitrogen functional groups attached to an aromatic ring is 1. The average Bonchev–Trinajstić information content (AvgIpc) is 2.36. The van der Waals surface area contributed by atoms with Crippen molar-refractivity contribution in [3.8, 4) is 0 Å². The van der Waals surface area contributed by atoms with Crippen LogP contribution in [-0.4, -0.2) is 5.91 Å². The number of aryl methyl sites for hydroxylation is 2. The Labute approximate surface area is 117 Å². The highest BCUT2D eigenvalue weighted by Crippen LogP contribution is 2.24. The number of benzene rings is 2. The SMILES string of the molecule is Cc1cc(C)c(NC(=O)c2ccccc2Cl)cc1N. The molecular formula is C15H15ClN2O. The van der Waals surface area contributed by atoms with Gasteiger partial charge in [-0.05, 0) is 43.2 Å². The van der Waals surface area contributed by atoms with E-state index < -0.39 is 0 Å². The first-order valence-corrected chi connectivity index (χ1v) is 6.29. The standard InChI is InChI=1S/C15H15ClN2O/c1-9-7-10(2)14(8-13(9)17)18-15(19)11-5-3-4-6-12(11)16/h3-8H,17H2,1-2H3,(H,18,19). The summed E-state index contributed by atoms with van der Waals surface area (Å²) >= 11 is 6.00. The summed E-state index contributed by atoms with van der Waals surface area (Å²) in [5.41, 5.74) is 9.62. The van der Waals surface area contributed by atoms with Crippen molar-refractivity contribution >= 4 is 28.9 Å². The second-order valence-electron chi connectivity index (χ2n) is 4.46. The molecule has 0 bridgehead atoms. The maximum Gasteiger partial charge on any atom is 0.257 e. The van der Waals surface area contributed by atoms with Gasteiger partial charge in [-0.15, -0.1) is 0 Å². The lowest BCUT2D eigenvalue weighted by Gasteiger charge is -2.11. The van der Waals surface area contributed by atoms with E-state index >= 15 is 0 Å². The lowest BCUT2D eigenvalue weighted by Crippen LogP contribution is -2.13. The third-order valence-corrected chi connectivity index (χ3v) is 3.31. The highest BCUT2D eigenvalue weighted by Gasteiger charge is 2.11. The molecule has 0 heterocycles. The molecule has 0 fully saturated rings. The minimum absolute atomic E-state index is 0.239. The lowest BCUT2D eigenvalue weighted by atomic mass is 10.1. The van der Waals surface area contributed by atoms with Gasteiger partial charge in [0, 0.05) is 11.4 Å². The molecule has 2 rings (SSSR count). The maximum atomic E-state index is 12.1. The Kier molecular flexibility index (Phi) is 3.76. The second kappa shape index (κ2) is 5.33. The smallest absolute Gasteiger partial charge is 0.257 e. The Morgan fingerprint density at radius 2 is 1.84 bits per heavy atom. The fraction of sp³-hybridized carbons (Fsp3) is 0.133. The van der Waals surface area contributed by atoms with Crippen LogP contribution in [0.2, 0.25) is 5.02 Å². The Balaban J connectivity index is 2.30. The number of hydrogen-bond donors (Lipinski definition) is 2. The molecule has 0 aliphatic rings. The van der Waals surface area contributed by atoms with E-state index in [0.717, 1.165) is 11.1 Å². The second-order valence-corrected chi connectivity index (χ2v) is 4.86. The summed E-state index contributed by atoms with van der Waals surface area (Å²) in [6.07, 6.45) is 0. The normalized spacial score (nSPS) is 10.3. The van der Waals surface area contributed by atoms with Gasteiger partial charge in [0.1, 0.15) is 0 Å². The first kappa shape index (κ1) is 13.4. The molecular weight excluding hydrogens is 260 g/mol. The molecule has 0 spiro atoms. The summed E-state index contributed by atoms with van der Waals surface area (Å²) in [7, 11) is 0. The van der Waals surface area contributed by atoms with Gasteiger partial charge in [-0.2, -0.15) is 0 Å². The van der Waals surface area contributed by atoms with Gasteiger partial charge in [0.2, 0.25) is 0 Å². The molecule has 3 nitrogen and oxygen atoms in total. The van der Waals surface area contributed by atoms with Gasteiger partial charge in [-0.25, -0.2) is 0 Å². The van der Waals surface area contributed by atoms with Crippen LogP contribution in [0, 0.1) is 13.8 Å². The van der Waals surface area contributed by atoms with Gasteiger partial charge < -0.3 is 11.1 Å². The van der Waals surface area contributed by atoms with Gasteiger partial charge in [-0.1, -0.05) is 29.8 Å². The van der Waals surface area contributed by atoms with Crippen molar-refractivity contribution in [3.05, 3.63) is 58.1 Å². The number of nitrogens with two attached hydrogens (primary N) is 1. The van der Waals surface area contributed by atoms with Crippen LogP contribution in [0.1, 0.15) is 21.5 Å². The van der Waals surface area contributed by atoms with Crippen molar-refractivity contribution in [2.45, 2.75) is 13.8 Å². The molecule has 4 heteroatoms. The van der Waals surface area contributed by atoms with Crippen molar-refractivity contribution in [1.29, 1.82) is 0 Å².